The van der Waals surface area contributed by atoms with E-state index in [1.165, 1.54) is 13.3 Å². The zero-order valence-electron chi connectivity index (χ0n) is 9.51. The molecule has 0 saturated heterocycles. The van der Waals surface area contributed by atoms with Gasteiger partial charge in [-0.3, -0.25) is 4.79 Å². The Labute approximate surface area is 99.1 Å². The van der Waals surface area contributed by atoms with Crippen LogP contribution in [-0.4, -0.2) is 24.3 Å². The van der Waals surface area contributed by atoms with E-state index in [9.17, 15) is 9.90 Å². The molecule has 1 aliphatic rings. The SMILES string of the molecule is COc1cccc(/C=N/NC(=O)C2CC2)c1O. The highest BCUT2D eigenvalue weighted by Crippen LogP contribution is 2.29. The number of para-hydroxylation sites is 1. The van der Waals surface area contributed by atoms with Crippen molar-refractivity contribution in [3.63, 3.8) is 0 Å². The van der Waals surface area contributed by atoms with Crippen molar-refractivity contribution in [1.82, 2.24) is 5.43 Å². The summed E-state index contributed by atoms with van der Waals surface area (Å²) < 4.78 is 4.96. The fourth-order valence-corrected chi connectivity index (χ4v) is 1.41. The minimum Gasteiger partial charge on any atom is -0.504 e. The maximum atomic E-state index is 11.3. The lowest BCUT2D eigenvalue weighted by molar-refractivity contribution is -0.122. The van der Waals surface area contributed by atoms with Gasteiger partial charge in [0.05, 0.1) is 13.3 Å². The van der Waals surface area contributed by atoms with Crippen LogP contribution in [0.3, 0.4) is 0 Å². The second-order valence-corrected chi connectivity index (χ2v) is 3.91. The fourth-order valence-electron chi connectivity index (χ4n) is 1.41. The standard InChI is InChI=1S/C12H14N2O3/c1-17-10-4-2-3-9(11(10)15)7-13-14-12(16)8-5-6-8/h2-4,7-8,15H,5-6H2,1H3,(H,14,16)/b13-7+. The molecule has 0 spiro atoms. The first-order valence-corrected chi connectivity index (χ1v) is 5.41. The average Bonchev–Trinajstić information content (AvgIpc) is 3.15. The number of carbonyl (C=O) groups is 1. The Hall–Kier alpha value is -2.04. The number of carbonyl (C=O) groups excluding carboxylic acids is 1. The van der Waals surface area contributed by atoms with E-state index in [0.29, 0.717) is 11.3 Å². The first-order chi connectivity index (χ1) is 8.22. The number of hydrogen-bond donors (Lipinski definition) is 2. The van der Waals surface area contributed by atoms with Gasteiger partial charge in [-0.15, -0.1) is 0 Å². The Morgan fingerprint density at radius 3 is 3.00 bits per heavy atom. The Kier molecular flexibility index (Phi) is 3.27. The maximum Gasteiger partial charge on any atom is 0.243 e. The summed E-state index contributed by atoms with van der Waals surface area (Å²) in [6.07, 6.45) is 3.27. The Balaban J connectivity index is 2.02. The van der Waals surface area contributed by atoms with E-state index < -0.39 is 0 Å². The van der Waals surface area contributed by atoms with Gasteiger partial charge in [0, 0.05) is 11.5 Å². The molecule has 17 heavy (non-hydrogen) atoms. The molecule has 0 bridgehead atoms. The lowest BCUT2D eigenvalue weighted by Crippen LogP contribution is -2.18. The molecular weight excluding hydrogens is 220 g/mol. The monoisotopic (exact) mass is 234 g/mol. The zero-order valence-corrected chi connectivity index (χ0v) is 9.51. The molecule has 5 heteroatoms. The van der Waals surface area contributed by atoms with Crippen molar-refractivity contribution < 1.29 is 14.6 Å². The Morgan fingerprint density at radius 1 is 1.59 bits per heavy atom. The molecule has 90 valence electrons. The number of amides is 1. The lowest BCUT2D eigenvalue weighted by Gasteiger charge is -2.04. The molecule has 1 saturated carbocycles. The minimum absolute atomic E-state index is 0.0134. The molecule has 5 nitrogen and oxygen atoms in total. The third-order valence-corrected chi connectivity index (χ3v) is 2.58. The van der Waals surface area contributed by atoms with Crippen molar-refractivity contribution in [1.29, 1.82) is 0 Å². The summed E-state index contributed by atoms with van der Waals surface area (Å²) in [5, 5.41) is 13.5. The van der Waals surface area contributed by atoms with Crippen LogP contribution in [0.25, 0.3) is 0 Å². The van der Waals surface area contributed by atoms with Crippen LogP contribution >= 0.6 is 0 Å². The minimum atomic E-state index is -0.0661. The summed E-state index contributed by atoms with van der Waals surface area (Å²) in [7, 11) is 1.48. The number of hydrazone groups is 1. The zero-order chi connectivity index (χ0) is 12.3. The van der Waals surface area contributed by atoms with Gasteiger partial charge < -0.3 is 9.84 Å². The number of aromatic hydroxyl groups is 1. The molecule has 0 heterocycles. The first kappa shape index (κ1) is 11.4. The highest BCUT2D eigenvalue weighted by molar-refractivity contribution is 5.87. The molecule has 2 N–H and O–H groups in total. The number of methoxy groups -OCH3 is 1. The normalized spacial score (nSPS) is 14.9. The van der Waals surface area contributed by atoms with Gasteiger partial charge in [-0.05, 0) is 25.0 Å². The number of nitrogens with zero attached hydrogens (tertiary/aromatic N) is 1. The number of phenols is 1. The number of hydrogen-bond acceptors (Lipinski definition) is 4. The Morgan fingerprint density at radius 2 is 2.35 bits per heavy atom. The van der Waals surface area contributed by atoms with Crippen LogP contribution in [0.15, 0.2) is 23.3 Å². The lowest BCUT2D eigenvalue weighted by atomic mass is 10.2. The highest BCUT2D eigenvalue weighted by atomic mass is 16.5. The molecule has 2 rings (SSSR count). The molecule has 1 aromatic rings. The number of rotatable bonds is 4. The molecule has 0 atom stereocenters. The van der Waals surface area contributed by atoms with Crippen LogP contribution in [0.4, 0.5) is 0 Å². The largest absolute Gasteiger partial charge is 0.504 e. The van der Waals surface area contributed by atoms with Crippen LogP contribution in [0.5, 0.6) is 11.5 Å². The molecule has 0 aromatic heterocycles. The van der Waals surface area contributed by atoms with Gasteiger partial charge in [-0.1, -0.05) is 6.07 Å². The van der Waals surface area contributed by atoms with Gasteiger partial charge in [0.2, 0.25) is 5.91 Å². The highest BCUT2D eigenvalue weighted by Gasteiger charge is 2.29. The summed E-state index contributed by atoms with van der Waals surface area (Å²) in [5.74, 6) is 0.441. The van der Waals surface area contributed by atoms with Gasteiger partial charge >= 0.3 is 0 Å². The van der Waals surface area contributed by atoms with Crippen LogP contribution in [0.2, 0.25) is 0 Å². The van der Waals surface area contributed by atoms with Crippen LogP contribution in [0.1, 0.15) is 18.4 Å². The van der Waals surface area contributed by atoms with E-state index in [1.54, 1.807) is 18.2 Å². The third-order valence-electron chi connectivity index (χ3n) is 2.58. The molecule has 0 unspecified atom stereocenters. The van der Waals surface area contributed by atoms with E-state index in [4.69, 9.17) is 4.74 Å². The second kappa shape index (κ2) is 4.86. The topological polar surface area (TPSA) is 70.9 Å². The molecule has 1 aliphatic carbocycles. The van der Waals surface area contributed by atoms with Gasteiger partial charge in [-0.25, -0.2) is 5.43 Å². The molecule has 0 aliphatic heterocycles. The average molecular weight is 234 g/mol. The predicted octanol–water partition coefficient (Wildman–Crippen LogP) is 1.26. The van der Waals surface area contributed by atoms with Crippen molar-refractivity contribution >= 4 is 12.1 Å². The van der Waals surface area contributed by atoms with Crippen molar-refractivity contribution in [3.05, 3.63) is 23.8 Å². The third kappa shape index (κ3) is 2.75. The molecule has 1 aromatic carbocycles. The first-order valence-electron chi connectivity index (χ1n) is 5.41. The summed E-state index contributed by atoms with van der Waals surface area (Å²) in [6.45, 7) is 0. The smallest absolute Gasteiger partial charge is 0.243 e. The summed E-state index contributed by atoms with van der Waals surface area (Å²) in [4.78, 5) is 11.3. The van der Waals surface area contributed by atoms with Crippen LogP contribution in [0, 0.1) is 5.92 Å². The van der Waals surface area contributed by atoms with Crippen LogP contribution < -0.4 is 10.2 Å². The summed E-state index contributed by atoms with van der Waals surface area (Å²) in [5.41, 5.74) is 2.94. The molecule has 1 fully saturated rings. The van der Waals surface area contributed by atoms with Crippen molar-refractivity contribution in [2.75, 3.05) is 7.11 Å². The number of nitrogens with one attached hydrogen (secondary N) is 1. The van der Waals surface area contributed by atoms with E-state index in [-0.39, 0.29) is 17.6 Å². The van der Waals surface area contributed by atoms with Gasteiger partial charge in [0.15, 0.2) is 11.5 Å². The summed E-state index contributed by atoms with van der Waals surface area (Å²) >= 11 is 0. The van der Waals surface area contributed by atoms with Crippen LogP contribution in [-0.2, 0) is 4.79 Å². The van der Waals surface area contributed by atoms with Gasteiger partial charge in [0.1, 0.15) is 0 Å². The molecule has 1 amide bonds. The maximum absolute atomic E-state index is 11.3. The van der Waals surface area contributed by atoms with E-state index in [1.807, 2.05) is 0 Å². The number of ether oxygens (including phenoxy) is 1. The Bertz CT molecular complexity index is 453. The van der Waals surface area contributed by atoms with E-state index >= 15 is 0 Å². The molecule has 0 radical (unpaired) electrons. The summed E-state index contributed by atoms with van der Waals surface area (Å²) in [6, 6.07) is 5.07. The van der Waals surface area contributed by atoms with E-state index in [2.05, 4.69) is 10.5 Å². The number of phenolic OH excluding ortho intramolecular Hbond substituents is 1. The van der Waals surface area contributed by atoms with Gasteiger partial charge in [0.25, 0.3) is 0 Å². The van der Waals surface area contributed by atoms with Crippen molar-refractivity contribution in [2.45, 2.75) is 12.8 Å². The van der Waals surface area contributed by atoms with Crippen molar-refractivity contribution in [3.8, 4) is 11.5 Å². The van der Waals surface area contributed by atoms with Gasteiger partial charge in [-0.2, -0.15) is 5.10 Å². The quantitative estimate of drug-likeness (QED) is 0.608. The van der Waals surface area contributed by atoms with E-state index in [0.717, 1.165) is 12.8 Å². The molecular formula is C12H14N2O3. The number of benzene rings is 1. The fraction of sp³-hybridized carbons (Fsp3) is 0.333. The second-order valence-electron chi connectivity index (χ2n) is 3.91. The van der Waals surface area contributed by atoms with Crippen molar-refractivity contribution in [2.24, 2.45) is 11.0 Å². The predicted molar refractivity (Wildman–Crippen MR) is 63.1 cm³/mol.